The second kappa shape index (κ2) is 8.12. The Morgan fingerprint density at radius 1 is 1.12 bits per heavy atom. The van der Waals surface area contributed by atoms with E-state index in [1.807, 2.05) is 29.6 Å². The molecule has 7 heteroatoms. The van der Waals surface area contributed by atoms with Crippen molar-refractivity contribution in [1.82, 2.24) is 10.3 Å². The number of carbonyl (C=O) groups is 2. The third-order valence-electron chi connectivity index (χ3n) is 3.57. The summed E-state index contributed by atoms with van der Waals surface area (Å²) in [5.74, 6) is -0.338. The van der Waals surface area contributed by atoms with Crippen LogP contribution in [0.1, 0.15) is 22.3 Å². The Kier molecular flexibility index (Phi) is 5.65. The Bertz CT molecular complexity index is 938. The molecule has 0 fully saturated rings. The van der Waals surface area contributed by atoms with Crippen molar-refractivity contribution in [2.45, 2.75) is 13.5 Å². The lowest BCUT2D eigenvalue weighted by Crippen LogP contribution is -2.22. The highest BCUT2D eigenvalue weighted by molar-refractivity contribution is 7.09. The third-order valence-corrected chi connectivity index (χ3v) is 4.75. The van der Waals surface area contributed by atoms with E-state index >= 15 is 0 Å². The minimum atomic E-state index is -0.230. The van der Waals surface area contributed by atoms with Gasteiger partial charge in [-0.1, -0.05) is 35.9 Å². The van der Waals surface area contributed by atoms with E-state index < -0.39 is 0 Å². The van der Waals surface area contributed by atoms with Crippen molar-refractivity contribution in [3.63, 3.8) is 0 Å². The number of hydrogen-bond acceptors (Lipinski definition) is 4. The first-order chi connectivity index (χ1) is 12.5. The van der Waals surface area contributed by atoms with Gasteiger partial charge >= 0.3 is 0 Å². The Morgan fingerprint density at radius 3 is 2.54 bits per heavy atom. The molecule has 132 valence electrons. The molecule has 2 amide bonds. The second-order valence-electron chi connectivity index (χ2n) is 5.55. The number of benzene rings is 2. The molecule has 0 aliphatic carbocycles. The van der Waals surface area contributed by atoms with E-state index in [2.05, 4.69) is 15.6 Å². The highest BCUT2D eigenvalue weighted by Gasteiger charge is 2.11. The molecule has 0 spiro atoms. The molecule has 3 aromatic rings. The van der Waals surface area contributed by atoms with Gasteiger partial charge in [-0.05, 0) is 24.3 Å². The molecule has 26 heavy (non-hydrogen) atoms. The lowest BCUT2D eigenvalue weighted by molar-refractivity contribution is -0.114. The molecule has 0 aliphatic heterocycles. The maximum atomic E-state index is 12.2. The average Bonchev–Trinajstić information content (AvgIpc) is 3.09. The Hall–Kier alpha value is -2.70. The van der Waals surface area contributed by atoms with Gasteiger partial charge < -0.3 is 10.6 Å². The van der Waals surface area contributed by atoms with Crippen molar-refractivity contribution in [2.75, 3.05) is 5.32 Å². The minimum absolute atomic E-state index is 0.108. The molecule has 0 atom stereocenters. The number of hydrogen-bond donors (Lipinski definition) is 2. The monoisotopic (exact) mass is 385 g/mol. The van der Waals surface area contributed by atoms with Crippen molar-refractivity contribution in [3.8, 4) is 11.3 Å². The molecule has 0 unspecified atom stereocenters. The van der Waals surface area contributed by atoms with Gasteiger partial charge in [0, 0.05) is 23.6 Å². The lowest BCUT2D eigenvalue weighted by atomic mass is 10.1. The molecule has 3 rings (SSSR count). The molecule has 5 nitrogen and oxygen atoms in total. The van der Waals surface area contributed by atoms with E-state index in [1.165, 1.54) is 18.3 Å². The fraction of sp³-hybridized carbons (Fsp3) is 0.105. The maximum absolute atomic E-state index is 12.2. The molecule has 1 aromatic heterocycles. The van der Waals surface area contributed by atoms with Gasteiger partial charge in [-0.25, -0.2) is 4.98 Å². The SMILES string of the molecule is CC(=O)Nc1ccc(-c2csc(CNC(=O)c3ccccc3Cl)n2)cc1. The summed E-state index contributed by atoms with van der Waals surface area (Å²) < 4.78 is 0. The summed E-state index contributed by atoms with van der Waals surface area (Å²) in [6, 6.07) is 14.4. The van der Waals surface area contributed by atoms with Crippen molar-refractivity contribution < 1.29 is 9.59 Å². The molecule has 2 aromatic carbocycles. The topological polar surface area (TPSA) is 71.1 Å². The zero-order valence-corrected chi connectivity index (χ0v) is 15.5. The standard InChI is InChI=1S/C19H16ClN3O2S/c1-12(24)22-14-8-6-13(7-9-14)17-11-26-18(23-17)10-21-19(25)15-4-2-3-5-16(15)20/h2-9,11H,10H2,1H3,(H,21,25)(H,22,24). The van der Waals surface area contributed by atoms with E-state index in [9.17, 15) is 9.59 Å². The van der Waals surface area contributed by atoms with Gasteiger partial charge in [0.25, 0.3) is 5.91 Å². The van der Waals surface area contributed by atoms with Crippen LogP contribution in [0, 0.1) is 0 Å². The minimum Gasteiger partial charge on any atom is -0.345 e. The first kappa shape index (κ1) is 18.1. The van der Waals surface area contributed by atoms with E-state index in [0.29, 0.717) is 17.1 Å². The summed E-state index contributed by atoms with van der Waals surface area (Å²) in [6.45, 7) is 1.80. The van der Waals surface area contributed by atoms with E-state index in [1.54, 1.807) is 24.3 Å². The predicted molar refractivity (Wildman–Crippen MR) is 104 cm³/mol. The number of amides is 2. The van der Waals surface area contributed by atoms with Crippen molar-refractivity contribution in [3.05, 3.63) is 69.5 Å². The molecule has 0 bridgehead atoms. The molecular weight excluding hydrogens is 370 g/mol. The molecule has 0 radical (unpaired) electrons. The fourth-order valence-electron chi connectivity index (χ4n) is 2.35. The number of rotatable bonds is 5. The van der Waals surface area contributed by atoms with Crippen LogP contribution in [0.2, 0.25) is 5.02 Å². The van der Waals surface area contributed by atoms with Crippen molar-refractivity contribution >= 4 is 40.4 Å². The zero-order chi connectivity index (χ0) is 18.5. The molecule has 1 heterocycles. The average molecular weight is 386 g/mol. The van der Waals surface area contributed by atoms with Crippen LogP contribution >= 0.6 is 22.9 Å². The van der Waals surface area contributed by atoms with Crippen LogP contribution in [0.15, 0.2) is 53.9 Å². The van der Waals surface area contributed by atoms with Crippen LogP contribution in [0.25, 0.3) is 11.3 Å². The third kappa shape index (κ3) is 4.47. The molecule has 0 saturated heterocycles. The molecular formula is C19H16ClN3O2S. The largest absolute Gasteiger partial charge is 0.345 e. The highest BCUT2D eigenvalue weighted by Crippen LogP contribution is 2.23. The van der Waals surface area contributed by atoms with Gasteiger partial charge in [0.2, 0.25) is 5.91 Å². The summed E-state index contributed by atoms with van der Waals surface area (Å²) >= 11 is 7.50. The molecule has 2 N–H and O–H groups in total. The Morgan fingerprint density at radius 2 is 1.85 bits per heavy atom. The van der Waals surface area contributed by atoms with Crippen LogP contribution in [0.3, 0.4) is 0 Å². The van der Waals surface area contributed by atoms with E-state index in [0.717, 1.165) is 22.0 Å². The smallest absolute Gasteiger partial charge is 0.253 e. The number of thiazole rings is 1. The summed E-state index contributed by atoms with van der Waals surface area (Å²) in [4.78, 5) is 27.8. The van der Waals surface area contributed by atoms with E-state index in [-0.39, 0.29) is 11.8 Å². The fourth-order valence-corrected chi connectivity index (χ4v) is 3.31. The van der Waals surface area contributed by atoms with Crippen LogP contribution in [-0.4, -0.2) is 16.8 Å². The van der Waals surface area contributed by atoms with Crippen LogP contribution in [0.5, 0.6) is 0 Å². The number of carbonyl (C=O) groups excluding carboxylic acids is 2. The first-order valence-corrected chi connectivity index (χ1v) is 9.14. The first-order valence-electron chi connectivity index (χ1n) is 7.88. The van der Waals surface area contributed by atoms with Gasteiger partial charge in [0.1, 0.15) is 5.01 Å². The number of aromatic nitrogens is 1. The lowest BCUT2D eigenvalue weighted by Gasteiger charge is -2.05. The van der Waals surface area contributed by atoms with Crippen LogP contribution in [0.4, 0.5) is 5.69 Å². The van der Waals surface area contributed by atoms with Gasteiger partial charge in [0.05, 0.1) is 22.8 Å². The maximum Gasteiger partial charge on any atom is 0.253 e. The number of anilines is 1. The second-order valence-corrected chi connectivity index (χ2v) is 6.90. The van der Waals surface area contributed by atoms with Gasteiger partial charge in [-0.15, -0.1) is 11.3 Å². The highest BCUT2D eigenvalue weighted by atomic mass is 35.5. The summed E-state index contributed by atoms with van der Waals surface area (Å²) in [5, 5.41) is 8.71. The van der Waals surface area contributed by atoms with Gasteiger partial charge in [-0.2, -0.15) is 0 Å². The predicted octanol–water partition coefficient (Wildman–Crippen LogP) is 4.35. The Labute approximate surface area is 160 Å². The summed E-state index contributed by atoms with van der Waals surface area (Å²) in [5.41, 5.74) is 2.95. The summed E-state index contributed by atoms with van der Waals surface area (Å²) in [7, 11) is 0. The normalized spacial score (nSPS) is 10.4. The van der Waals surface area contributed by atoms with Gasteiger partial charge in [0.15, 0.2) is 0 Å². The number of halogens is 1. The summed E-state index contributed by atoms with van der Waals surface area (Å²) in [6.07, 6.45) is 0. The Balaban J connectivity index is 1.64. The number of nitrogens with zero attached hydrogens (tertiary/aromatic N) is 1. The quantitative estimate of drug-likeness (QED) is 0.685. The van der Waals surface area contributed by atoms with Crippen LogP contribution in [-0.2, 0) is 11.3 Å². The molecule has 0 aliphatic rings. The zero-order valence-electron chi connectivity index (χ0n) is 14.0. The van der Waals surface area contributed by atoms with E-state index in [4.69, 9.17) is 11.6 Å². The molecule has 0 saturated carbocycles. The van der Waals surface area contributed by atoms with Crippen LogP contribution < -0.4 is 10.6 Å². The van der Waals surface area contributed by atoms with Gasteiger partial charge in [-0.3, -0.25) is 9.59 Å². The number of nitrogens with one attached hydrogen (secondary N) is 2. The van der Waals surface area contributed by atoms with Crippen molar-refractivity contribution in [1.29, 1.82) is 0 Å². The van der Waals surface area contributed by atoms with Crippen molar-refractivity contribution in [2.24, 2.45) is 0 Å².